The van der Waals surface area contributed by atoms with Crippen molar-refractivity contribution >= 4 is 11.5 Å². The topological polar surface area (TPSA) is 61.6 Å². The van der Waals surface area contributed by atoms with Crippen molar-refractivity contribution in [1.82, 2.24) is 4.98 Å². The van der Waals surface area contributed by atoms with Crippen LogP contribution in [0.15, 0.2) is 6.07 Å². The molecule has 0 N–H and O–H groups in total. The van der Waals surface area contributed by atoms with Gasteiger partial charge in [-0.1, -0.05) is 0 Å². The van der Waals surface area contributed by atoms with Crippen LogP contribution in [0.2, 0.25) is 0 Å². The Hall–Kier alpha value is -1.91. The first-order chi connectivity index (χ1) is 11.2. The van der Waals surface area contributed by atoms with Crippen molar-refractivity contribution in [2.24, 2.45) is 0 Å². The molecule has 3 saturated heterocycles. The second kappa shape index (κ2) is 5.95. The molecular weight excluding hydrogens is 299 g/mol. The number of rotatable bonds is 2. The van der Waals surface area contributed by atoms with Gasteiger partial charge in [-0.2, -0.15) is 9.65 Å². The number of ether oxygens (including phenoxy) is 2. The molecule has 0 saturated carbocycles. The zero-order valence-corrected chi connectivity index (χ0v) is 12.9. The Morgan fingerprint density at radius 1 is 1.17 bits per heavy atom. The van der Waals surface area contributed by atoms with E-state index in [0.29, 0.717) is 50.9 Å². The lowest BCUT2D eigenvalue weighted by molar-refractivity contribution is 0.0304. The number of hydrogen-bond donors (Lipinski definition) is 0. The normalized spacial score (nSPS) is 27.1. The first kappa shape index (κ1) is 14.7. The van der Waals surface area contributed by atoms with Crippen LogP contribution >= 0.6 is 0 Å². The molecule has 0 amide bonds. The van der Waals surface area contributed by atoms with Crippen molar-refractivity contribution in [3.8, 4) is 6.07 Å². The summed E-state index contributed by atoms with van der Waals surface area (Å²) in [5, 5.41) is 9.36. The number of aromatic nitrogens is 1. The summed E-state index contributed by atoms with van der Waals surface area (Å²) in [6.07, 6.45) is 2.44. The Labute approximate surface area is 134 Å². The Bertz CT molecular complexity index is 630. The maximum absolute atomic E-state index is 14.4. The number of fused-ring (bicyclic) bond motifs is 2. The van der Waals surface area contributed by atoms with Crippen LogP contribution in [0.4, 0.5) is 15.9 Å². The summed E-state index contributed by atoms with van der Waals surface area (Å²) >= 11 is 0. The smallest absolute Gasteiger partial charge is 0.234 e. The third-order valence-corrected chi connectivity index (χ3v) is 4.77. The Kier molecular flexibility index (Phi) is 3.79. The van der Waals surface area contributed by atoms with Crippen LogP contribution in [0, 0.1) is 17.3 Å². The average molecular weight is 318 g/mol. The zero-order chi connectivity index (χ0) is 15.8. The molecule has 6 nitrogen and oxygen atoms in total. The highest BCUT2D eigenvalue weighted by Crippen LogP contribution is 2.33. The first-order valence-corrected chi connectivity index (χ1v) is 8.08. The van der Waals surface area contributed by atoms with Gasteiger partial charge in [-0.15, -0.1) is 0 Å². The highest BCUT2D eigenvalue weighted by molar-refractivity contribution is 5.65. The molecule has 7 heteroatoms. The molecule has 1 aromatic heterocycles. The van der Waals surface area contributed by atoms with Crippen molar-refractivity contribution in [2.75, 3.05) is 49.2 Å². The number of hydrogen-bond acceptors (Lipinski definition) is 6. The van der Waals surface area contributed by atoms with Gasteiger partial charge in [0, 0.05) is 32.2 Å². The molecule has 122 valence electrons. The molecule has 3 aliphatic rings. The molecule has 0 spiro atoms. The van der Waals surface area contributed by atoms with E-state index >= 15 is 0 Å². The third kappa shape index (κ3) is 2.73. The van der Waals surface area contributed by atoms with Crippen LogP contribution in [0.3, 0.4) is 0 Å². The molecule has 3 fully saturated rings. The molecule has 2 bridgehead atoms. The van der Waals surface area contributed by atoms with E-state index in [1.54, 1.807) is 0 Å². The Morgan fingerprint density at radius 3 is 2.52 bits per heavy atom. The standard InChI is InChI=1S/C16H19FN4O2/c17-16-13(8-18)14(21-9-11-1-2-12(10-21)23-11)7-15(19-16)20-3-5-22-6-4-20/h7,11-12H,1-6,9-10H2. The Balaban J connectivity index is 1.69. The molecule has 0 aromatic carbocycles. The molecule has 4 heterocycles. The molecule has 1 aromatic rings. The SMILES string of the molecule is N#Cc1c(N2CC3CCC(C2)O3)cc(N2CCOCC2)nc1F. The molecule has 0 aliphatic carbocycles. The van der Waals surface area contributed by atoms with Crippen LogP contribution in [0.5, 0.6) is 0 Å². The van der Waals surface area contributed by atoms with Crippen molar-refractivity contribution in [3.05, 3.63) is 17.6 Å². The number of halogens is 1. The average Bonchev–Trinajstić information content (AvgIpc) is 2.93. The molecule has 2 unspecified atom stereocenters. The maximum Gasteiger partial charge on any atom is 0.234 e. The van der Waals surface area contributed by atoms with E-state index in [4.69, 9.17) is 9.47 Å². The van der Waals surface area contributed by atoms with E-state index in [0.717, 1.165) is 12.8 Å². The van der Waals surface area contributed by atoms with Crippen molar-refractivity contribution in [1.29, 1.82) is 5.26 Å². The van der Waals surface area contributed by atoms with Gasteiger partial charge in [-0.05, 0) is 12.8 Å². The minimum atomic E-state index is -0.690. The number of nitrogens with zero attached hydrogens (tertiary/aromatic N) is 4. The van der Waals surface area contributed by atoms with Crippen LogP contribution in [0.1, 0.15) is 18.4 Å². The van der Waals surface area contributed by atoms with Gasteiger partial charge < -0.3 is 19.3 Å². The van der Waals surface area contributed by atoms with Crippen molar-refractivity contribution < 1.29 is 13.9 Å². The minimum Gasteiger partial charge on any atom is -0.378 e. The molecule has 2 atom stereocenters. The summed E-state index contributed by atoms with van der Waals surface area (Å²) in [6, 6.07) is 3.82. The summed E-state index contributed by atoms with van der Waals surface area (Å²) in [5.74, 6) is -0.107. The Morgan fingerprint density at radius 2 is 1.87 bits per heavy atom. The van der Waals surface area contributed by atoms with E-state index in [-0.39, 0.29) is 17.8 Å². The van der Waals surface area contributed by atoms with Crippen LogP contribution in [0.25, 0.3) is 0 Å². The van der Waals surface area contributed by atoms with Gasteiger partial charge in [0.25, 0.3) is 0 Å². The fourth-order valence-corrected chi connectivity index (χ4v) is 3.61. The van der Waals surface area contributed by atoms with Crippen molar-refractivity contribution in [3.63, 3.8) is 0 Å². The third-order valence-electron chi connectivity index (χ3n) is 4.77. The van der Waals surface area contributed by atoms with E-state index in [9.17, 15) is 9.65 Å². The van der Waals surface area contributed by atoms with Crippen LogP contribution in [-0.2, 0) is 9.47 Å². The highest BCUT2D eigenvalue weighted by atomic mass is 19.1. The number of nitriles is 1. The van der Waals surface area contributed by atoms with E-state index < -0.39 is 5.95 Å². The second-order valence-corrected chi connectivity index (χ2v) is 6.24. The minimum absolute atomic E-state index is 0.0308. The monoisotopic (exact) mass is 318 g/mol. The van der Waals surface area contributed by atoms with E-state index in [1.807, 2.05) is 17.0 Å². The fraction of sp³-hybridized carbons (Fsp3) is 0.625. The highest BCUT2D eigenvalue weighted by Gasteiger charge is 2.35. The summed E-state index contributed by atoms with van der Waals surface area (Å²) in [6.45, 7) is 4.01. The van der Waals surface area contributed by atoms with E-state index in [1.165, 1.54) is 0 Å². The number of pyridine rings is 1. The maximum atomic E-state index is 14.4. The number of anilines is 2. The lowest BCUT2D eigenvalue weighted by atomic mass is 10.1. The largest absolute Gasteiger partial charge is 0.378 e. The molecule has 4 rings (SSSR count). The first-order valence-electron chi connectivity index (χ1n) is 8.08. The van der Waals surface area contributed by atoms with Gasteiger partial charge in [0.15, 0.2) is 0 Å². The van der Waals surface area contributed by atoms with Gasteiger partial charge >= 0.3 is 0 Å². The second-order valence-electron chi connectivity index (χ2n) is 6.24. The fourth-order valence-electron chi connectivity index (χ4n) is 3.61. The van der Waals surface area contributed by atoms with Gasteiger partial charge in [-0.25, -0.2) is 4.98 Å². The molecule has 0 radical (unpaired) electrons. The summed E-state index contributed by atoms with van der Waals surface area (Å²) in [4.78, 5) is 8.09. The zero-order valence-electron chi connectivity index (χ0n) is 12.9. The van der Waals surface area contributed by atoms with E-state index in [2.05, 4.69) is 9.88 Å². The van der Waals surface area contributed by atoms with Gasteiger partial charge in [0.05, 0.1) is 31.1 Å². The molecular formula is C16H19FN4O2. The van der Waals surface area contributed by atoms with Gasteiger partial charge in [0.2, 0.25) is 5.95 Å². The summed E-state index contributed by atoms with van der Waals surface area (Å²) in [5.41, 5.74) is 0.671. The summed E-state index contributed by atoms with van der Waals surface area (Å²) in [7, 11) is 0. The van der Waals surface area contributed by atoms with Gasteiger partial charge in [0.1, 0.15) is 17.5 Å². The van der Waals surface area contributed by atoms with Crippen LogP contribution < -0.4 is 9.80 Å². The van der Waals surface area contributed by atoms with Crippen LogP contribution in [-0.4, -0.2) is 56.6 Å². The quantitative estimate of drug-likeness (QED) is 0.766. The van der Waals surface area contributed by atoms with Crippen molar-refractivity contribution in [2.45, 2.75) is 25.0 Å². The van der Waals surface area contributed by atoms with Gasteiger partial charge in [-0.3, -0.25) is 0 Å². The lowest BCUT2D eigenvalue weighted by Gasteiger charge is -2.35. The summed E-state index contributed by atoms with van der Waals surface area (Å²) < 4.78 is 25.6. The lowest BCUT2D eigenvalue weighted by Crippen LogP contribution is -2.43. The predicted molar refractivity (Wildman–Crippen MR) is 82.1 cm³/mol. The number of morpholine rings is 2. The molecule has 23 heavy (non-hydrogen) atoms. The predicted octanol–water partition coefficient (Wildman–Crippen LogP) is 1.30. The molecule has 3 aliphatic heterocycles.